The zero-order chi connectivity index (χ0) is 27.5. The molecular weight excluding hydrogens is 541 g/mol. The zero-order valence-electron chi connectivity index (χ0n) is 20.7. The van der Waals surface area contributed by atoms with Gasteiger partial charge in [0.15, 0.2) is 0 Å². The molecule has 0 radical (unpaired) electrons. The van der Waals surface area contributed by atoms with Gasteiger partial charge in [-0.3, -0.25) is 4.79 Å². The van der Waals surface area contributed by atoms with Crippen LogP contribution in [0.15, 0.2) is 70.5 Å². The molecular formula is C25H27ClFN3O5S2. The predicted octanol–water partition coefficient (Wildman–Crippen LogP) is 4.18. The summed E-state index contributed by atoms with van der Waals surface area (Å²) in [5, 5.41) is 2.60. The van der Waals surface area contributed by atoms with Crippen molar-refractivity contribution in [1.82, 2.24) is 8.61 Å². The van der Waals surface area contributed by atoms with Crippen LogP contribution >= 0.6 is 11.6 Å². The molecule has 0 heterocycles. The van der Waals surface area contributed by atoms with Crippen LogP contribution in [0, 0.1) is 19.7 Å². The molecule has 0 unspecified atom stereocenters. The lowest BCUT2D eigenvalue weighted by Gasteiger charge is -2.23. The van der Waals surface area contributed by atoms with Crippen LogP contribution in [0.3, 0.4) is 0 Å². The van der Waals surface area contributed by atoms with Gasteiger partial charge >= 0.3 is 0 Å². The quantitative estimate of drug-likeness (QED) is 0.418. The fourth-order valence-corrected chi connectivity index (χ4v) is 5.92. The van der Waals surface area contributed by atoms with Crippen molar-refractivity contribution >= 4 is 43.2 Å². The lowest BCUT2D eigenvalue weighted by molar-refractivity contribution is -0.116. The number of hydrogen-bond donors (Lipinski definition) is 1. The molecule has 0 aromatic heterocycles. The molecule has 8 nitrogen and oxygen atoms in total. The van der Waals surface area contributed by atoms with E-state index in [0.29, 0.717) is 5.56 Å². The van der Waals surface area contributed by atoms with E-state index in [4.69, 9.17) is 11.6 Å². The van der Waals surface area contributed by atoms with Gasteiger partial charge in [-0.05, 0) is 55.8 Å². The van der Waals surface area contributed by atoms with E-state index in [1.165, 1.54) is 56.6 Å². The van der Waals surface area contributed by atoms with Crippen molar-refractivity contribution in [3.63, 3.8) is 0 Å². The maximum Gasteiger partial charge on any atom is 0.243 e. The molecule has 0 bridgehead atoms. The van der Waals surface area contributed by atoms with Crippen molar-refractivity contribution in [3.8, 4) is 0 Å². The number of rotatable bonds is 9. The smallest absolute Gasteiger partial charge is 0.243 e. The summed E-state index contributed by atoms with van der Waals surface area (Å²) in [5.41, 5.74) is 1.52. The van der Waals surface area contributed by atoms with Gasteiger partial charge in [0, 0.05) is 36.9 Å². The van der Waals surface area contributed by atoms with Crippen molar-refractivity contribution < 1.29 is 26.0 Å². The standard InChI is InChI=1S/C25H27ClFN3O5S2/c1-17-8-11-19(12-9-17)37(34,35)30(15-21-22(26)6-5-7-23(21)27)16-25(31)28-24-14-20(13-10-18(24)2)36(32,33)29(3)4/h5-14H,15-16H2,1-4H3,(H,28,31). The van der Waals surface area contributed by atoms with Gasteiger partial charge in [-0.1, -0.05) is 41.4 Å². The highest BCUT2D eigenvalue weighted by Gasteiger charge is 2.29. The first kappa shape index (κ1) is 28.7. The van der Waals surface area contributed by atoms with E-state index in [9.17, 15) is 26.0 Å². The molecule has 0 aliphatic heterocycles. The number of hydrogen-bond acceptors (Lipinski definition) is 5. The van der Waals surface area contributed by atoms with E-state index in [2.05, 4.69) is 5.32 Å². The minimum absolute atomic E-state index is 0.0157. The van der Waals surface area contributed by atoms with Crippen molar-refractivity contribution in [3.05, 3.63) is 88.2 Å². The molecule has 1 N–H and O–H groups in total. The topological polar surface area (TPSA) is 104 Å². The number of nitrogens with zero attached hydrogens (tertiary/aromatic N) is 2. The third kappa shape index (κ3) is 6.55. The average Bonchev–Trinajstić information content (AvgIpc) is 2.82. The Morgan fingerprint density at radius 2 is 1.54 bits per heavy atom. The Morgan fingerprint density at radius 3 is 2.14 bits per heavy atom. The SMILES string of the molecule is Cc1ccc(S(=O)(=O)N(CC(=O)Nc2cc(S(=O)(=O)N(C)C)ccc2C)Cc2c(F)cccc2Cl)cc1. The molecule has 3 aromatic rings. The fourth-order valence-electron chi connectivity index (χ4n) is 3.40. The molecule has 37 heavy (non-hydrogen) atoms. The van der Waals surface area contributed by atoms with Gasteiger partial charge in [-0.15, -0.1) is 0 Å². The van der Waals surface area contributed by atoms with Crippen LogP contribution in [0.2, 0.25) is 5.02 Å². The second-order valence-corrected chi connectivity index (χ2v) is 13.1. The molecule has 1 amide bonds. The minimum atomic E-state index is -4.25. The third-order valence-corrected chi connectivity index (χ3v) is 9.61. The summed E-state index contributed by atoms with van der Waals surface area (Å²) in [7, 11) is -5.25. The van der Waals surface area contributed by atoms with Crippen LogP contribution in [0.25, 0.3) is 0 Å². The van der Waals surface area contributed by atoms with Crippen molar-refractivity contribution in [2.45, 2.75) is 30.2 Å². The minimum Gasteiger partial charge on any atom is -0.325 e. The van der Waals surface area contributed by atoms with E-state index < -0.39 is 44.9 Å². The number of carbonyl (C=O) groups excluding carboxylic acids is 1. The number of anilines is 1. The monoisotopic (exact) mass is 567 g/mol. The Kier molecular flexibility index (Phi) is 8.76. The normalized spacial score (nSPS) is 12.2. The Labute approximate surface area is 221 Å². The van der Waals surface area contributed by atoms with Gasteiger partial charge in [0.2, 0.25) is 26.0 Å². The van der Waals surface area contributed by atoms with Crippen LogP contribution in [0.1, 0.15) is 16.7 Å². The first-order valence-corrected chi connectivity index (χ1v) is 14.3. The number of nitrogens with one attached hydrogen (secondary N) is 1. The highest BCUT2D eigenvalue weighted by Crippen LogP contribution is 2.26. The maximum atomic E-state index is 14.5. The number of sulfonamides is 2. The fraction of sp³-hybridized carbons (Fsp3) is 0.240. The first-order chi connectivity index (χ1) is 17.2. The molecule has 3 rings (SSSR count). The van der Waals surface area contributed by atoms with E-state index in [1.54, 1.807) is 26.0 Å². The second-order valence-electron chi connectivity index (χ2n) is 8.60. The van der Waals surface area contributed by atoms with Crippen molar-refractivity contribution in [1.29, 1.82) is 0 Å². The number of amides is 1. The summed E-state index contributed by atoms with van der Waals surface area (Å²) in [6.07, 6.45) is 0. The molecule has 0 spiro atoms. The van der Waals surface area contributed by atoms with Gasteiger partial charge in [0.1, 0.15) is 5.82 Å². The lowest BCUT2D eigenvalue weighted by atomic mass is 10.2. The third-order valence-electron chi connectivity index (χ3n) is 5.64. The van der Waals surface area contributed by atoms with Gasteiger partial charge < -0.3 is 5.32 Å². The first-order valence-electron chi connectivity index (χ1n) is 11.1. The largest absolute Gasteiger partial charge is 0.325 e. The average molecular weight is 568 g/mol. The molecule has 3 aromatic carbocycles. The number of carbonyl (C=O) groups is 1. The molecule has 0 aliphatic rings. The maximum absolute atomic E-state index is 14.5. The molecule has 0 fully saturated rings. The summed E-state index contributed by atoms with van der Waals surface area (Å²) in [4.78, 5) is 12.9. The summed E-state index contributed by atoms with van der Waals surface area (Å²) < 4.78 is 68.4. The highest BCUT2D eigenvalue weighted by atomic mass is 35.5. The van der Waals surface area contributed by atoms with Crippen LogP contribution in [0.5, 0.6) is 0 Å². The molecule has 0 saturated heterocycles. The molecule has 198 valence electrons. The lowest BCUT2D eigenvalue weighted by Crippen LogP contribution is -2.38. The van der Waals surface area contributed by atoms with E-state index >= 15 is 0 Å². The molecule has 0 saturated carbocycles. The molecule has 12 heteroatoms. The van der Waals surface area contributed by atoms with Gasteiger partial charge in [0.05, 0.1) is 16.3 Å². The van der Waals surface area contributed by atoms with Crippen molar-refractivity contribution in [2.24, 2.45) is 0 Å². The highest BCUT2D eigenvalue weighted by molar-refractivity contribution is 7.89. The van der Waals surface area contributed by atoms with E-state index in [-0.39, 0.29) is 26.1 Å². The van der Waals surface area contributed by atoms with E-state index in [1.807, 2.05) is 0 Å². The Balaban J connectivity index is 1.97. The summed E-state index contributed by atoms with van der Waals surface area (Å²) in [5.74, 6) is -1.46. The Morgan fingerprint density at radius 1 is 0.919 bits per heavy atom. The number of halogens is 2. The van der Waals surface area contributed by atoms with Crippen LogP contribution in [-0.4, -0.2) is 52.0 Å². The summed E-state index contributed by atoms with van der Waals surface area (Å²) >= 11 is 6.14. The number of benzene rings is 3. The van der Waals surface area contributed by atoms with Crippen LogP contribution in [-0.2, 0) is 31.4 Å². The summed E-state index contributed by atoms with van der Waals surface area (Å²) in [6, 6.07) is 14.2. The van der Waals surface area contributed by atoms with Gasteiger partial charge in [-0.2, -0.15) is 4.31 Å². The van der Waals surface area contributed by atoms with E-state index in [0.717, 1.165) is 20.2 Å². The molecule has 0 atom stereocenters. The number of aryl methyl sites for hydroxylation is 2. The van der Waals surface area contributed by atoms with Gasteiger partial charge in [0.25, 0.3) is 0 Å². The van der Waals surface area contributed by atoms with Crippen molar-refractivity contribution in [2.75, 3.05) is 26.0 Å². The summed E-state index contributed by atoms with van der Waals surface area (Å²) in [6.45, 7) is 2.30. The van der Waals surface area contributed by atoms with Gasteiger partial charge in [-0.25, -0.2) is 25.5 Å². The van der Waals surface area contributed by atoms with Crippen LogP contribution < -0.4 is 5.32 Å². The molecule has 0 aliphatic carbocycles. The van der Waals surface area contributed by atoms with Crippen LogP contribution in [0.4, 0.5) is 10.1 Å². The Hall–Kier alpha value is -2.83. The zero-order valence-corrected chi connectivity index (χ0v) is 23.1. The predicted molar refractivity (Wildman–Crippen MR) is 141 cm³/mol. The second kappa shape index (κ2) is 11.3. The Bertz CT molecular complexity index is 1510.